The van der Waals surface area contributed by atoms with Gasteiger partial charge in [0.25, 0.3) is 5.91 Å². The third-order valence-electron chi connectivity index (χ3n) is 4.19. The van der Waals surface area contributed by atoms with Crippen molar-refractivity contribution in [2.75, 3.05) is 13.2 Å². The molecule has 2 aromatic carbocycles. The minimum Gasteiger partial charge on any atom is -0.484 e. The van der Waals surface area contributed by atoms with Crippen LogP contribution in [0.25, 0.3) is 0 Å². The molecule has 23 heavy (non-hydrogen) atoms. The number of likely N-dealkylation sites (tertiary alicyclic amines) is 1. The van der Waals surface area contributed by atoms with E-state index in [0.717, 1.165) is 31.4 Å². The molecule has 1 heterocycles. The zero-order chi connectivity index (χ0) is 16.1. The Labute approximate surface area is 135 Å². The Kier molecular flexibility index (Phi) is 4.91. The highest BCUT2D eigenvalue weighted by atomic mass is 19.1. The van der Waals surface area contributed by atoms with Crippen LogP contribution in [0.15, 0.2) is 54.6 Å². The first-order chi connectivity index (χ1) is 11.2. The minimum absolute atomic E-state index is 0.0125. The number of carbonyl (C=O) groups is 1. The second-order valence-corrected chi connectivity index (χ2v) is 5.82. The standard InChI is InChI=1S/C19H20FNO2/c20-16-10-8-15(9-11-16)13-17-5-4-12-21(17)19(22)14-23-18-6-2-1-3-7-18/h1-3,6-11,17H,4-5,12-14H2. The van der Waals surface area contributed by atoms with Crippen LogP contribution in [0, 0.1) is 5.82 Å². The number of halogens is 1. The molecule has 1 aliphatic rings. The molecule has 1 saturated heterocycles. The van der Waals surface area contributed by atoms with Crippen molar-refractivity contribution < 1.29 is 13.9 Å². The Balaban J connectivity index is 1.57. The van der Waals surface area contributed by atoms with Crippen LogP contribution >= 0.6 is 0 Å². The number of rotatable bonds is 5. The molecule has 1 atom stereocenters. The lowest BCUT2D eigenvalue weighted by Gasteiger charge is -2.25. The number of hydrogen-bond acceptors (Lipinski definition) is 2. The molecule has 0 aromatic heterocycles. The summed E-state index contributed by atoms with van der Waals surface area (Å²) >= 11 is 0. The maximum absolute atomic E-state index is 13.0. The molecule has 1 amide bonds. The van der Waals surface area contributed by atoms with E-state index < -0.39 is 0 Å². The molecule has 3 nitrogen and oxygen atoms in total. The summed E-state index contributed by atoms with van der Waals surface area (Å²) in [6.07, 6.45) is 2.74. The Hall–Kier alpha value is -2.36. The average molecular weight is 313 g/mol. The van der Waals surface area contributed by atoms with Gasteiger partial charge in [0, 0.05) is 12.6 Å². The molecule has 120 valence electrons. The maximum atomic E-state index is 13.0. The number of nitrogens with zero attached hydrogens (tertiary/aromatic N) is 1. The molecule has 0 bridgehead atoms. The Morgan fingerprint density at radius 3 is 2.61 bits per heavy atom. The lowest BCUT2D eigenvalue weighted by atomic mass is 10.0. The molecular formula is C19H20FNO2. The molecule has 1 aliphatic heterocycles. The van der Waals surface area contributed by atoms with Gasteiger partial charge in [0.1, 0.15) is 11.6 Å². The Bertz CT molecular complexity index is 642. The molecule has 4 heteroatoms. The summed E-state index contributed by atoms with van der Waals surface area (Å²) in [6, 6.07) is 16.0. The maximum Gasteiger partial charge on any atom is 0.260 e. The smallest absolute Gasteiger partial charge is 0.260 e. The van der Waals surface area contributed by atoms with Gasteiger partial charge in [-0.3, -0.25) is 4.79 Å². The van der Waals surface area contributed by atoms with Crippen LogP contribution in [-0.4, -0.2) is 30.0 Å². The van der Waals surface area contributed by atoms with Crippen molar-refractivity contribution >= 4 is 5.91 Å². The number of amides is 1. The fourth-order valence-corrected chi connectivity index (χ4v) is 3.01. The van der Waals surface area contributed by atoms with Crippen molar-refractivity contribution in [2.45, 2.75) is 25.3 Å². The van der Waals surface area contributed by atoms with Crippen molar-refractivity contribution in [2.24, 2.45) is 0 Å². The number of ether oxygens (including phenoxy) is 1. The second kappa shape index (κ2) is 7.27. The van der Waals surface area contributed by atoms with E-state index in [1.54, 1.807) is 12.1 Å². The van der Waals surface area contributed by atoms with Crippen LogP contribution < -0.4 is 4.74 Å². The average Bonchev–Trinajstić information content (AvgIpc) is 3.04. The van der Waals surface area contributed by atoms with E-state index in [2.05, 4.69) is 0 Å². The predicted octanol–water partition coefficient (Wildman–Crippen LogP) is 3.44. The highest BCUT2D eigenvalue weighted by Crippen LogP contribution is 2.22. The molecule has 2 aromatic rings. The van der Waals surface area contributed by atoms with Crippen LogP contribution in [0.2, 0.25) is 0 Å². The van der Waals surface area contributed by atoms with Gasteiger partial charge in [-0.1, -0.05) is 30.3 Å². The molecule has 3 rings (SSSR count). The molecule has 0 saturated carbocycles. The lowest BCUT2D eigenvalue weighted by molar-refractivity contribution is -0.134. The van der Waals surface area contributed by atoms with Gasteiger partial charge in [-0.05, 0) is 49.1 Å². The number of hydrogen-bond donors (Lipinski definition) is 0. The van der Waals surface area contributed by atoms with Crippen LogP contribution in [0.3, 0.4) is 0 Å². The Morgan fingerprint density at radius 2 is 1.87 bits per heavy atom. The van der Waals surface area contributed by atoms with Crippen LogP contribution in [-0.2, 0) is 11.2 Å². The van der Waals surface area contributed by atoms with Gasteiger partial charge >= 0.3 is 0 Å². The van der Waals surface area contributed by atoms with Gasteiger partial charge < -0.3 is 9.64 Å². The number of benzene rings is 2. The quantitative estimate of drug-likeness (QED) is 0.846. The van der Waals surface area contributed by atoms with E-state index in [9.17, 15) is 9.18 Å². The van der Waals surface area contributed by atoms with Crippen LogP contribution in [0.5, 0.6) is 5.75 Å². The summed E-state index contributed by atoms with van der Waals surface area (Å²) in [5.74, 6) is 0.484. The summed E-state index contributed by atoms with van der Waals surface area (Å²) in [6.45, 7) is 0.826. The summed E-state index contributed by atoms with van der Waals surface area (Å²) in [5, 5.41) is 0. The third kappa shape index (κ3) is 4.09. The summed E-state index contributed by atoms with van der Waals surface area (Å²) in [7, 11) is 0. The molecule has 0 radical (unpaired) electrons. The van der Waals surface area contributed by atoms with Gasteiger partial charge in [0.2, 0.25) is 0 Å². The highest BCUT2D eigenvalue weighted by Gasteiger charge is 2.28. The fourth-order valence-electron chi connectivity index (χ4n) is 3.01. The molecule has 0 N–H and O–H groups in total. The summed E-state index contributed by atoms with van der Waals surface area (Å²) < 4.78 is 18.5. The molecule has 1 fully saturated rings. The largest absolute Gasteiger partial charge is 0.484 e. The third-order valence-corrected chi connectivity index (χ3v) is 4.19. The second-order valence-electron chi connectivity index (χ2n) is 5.82. The summed E-state index contributed by atoms with van der Waals surface area (Å²) in [5.41, 5.74) is 1.06. The first-order valence-electron chi connectivity index (χ1n) is 7.94. The topological polar surface area (TPSA) is 29.5 Å². The zero-order valence-electron chi connectivity index (χ0n) is 13.0. The summed E-state index contributed by atoms with van der Waals surface area (Å²) in [4.78, 5) is 14.3. The fraction of sp³-hybridized carbons (Fsp3) is 0.316. The van der Waals surface area contributed by atoms with Crippen molar-refractivity contribution in [3.63, 3.8) is 0 Å². The molecule has 0 aliphatic carbocycles. The van der Waals surface area contributed by atoms with E-state index in [-0.39, 0.29) is 24.4 Å². The Morgan fingerprint density at radius 1 is 1.13 bits per heavy atom. The SMILES string of the molecule is O=C(COc1ccccc1)N1CCCC1Cc1ccc(F)cc1. The van der Waals surface area contributed by atoms with E-state index in [1.807, 2.05) is 35.2 Å². The van der Waals surface area contributed by atoms with Crippen molar-refractivity contribution in [3.8, 4) is 5.75 Å². The minimum atomic E-state index is -0.232. The van der Waals surface area contributed by atoms with E-state index >= 15 is 0 Å². The van der Waals surface area contributed by atoms with Crippen molar-refractivity contribution in [1.82, 2.24) is 4.90 Å². The number of carbonyl (C=O) groups excluding carboxylic acids is 1. The van der Waals surface area contributed by atoms with Crippen molar-refractivity contribution in [1.29, 1.82) is 0 Å². The van der Waals surface area contributed by atoms with Gasteiger partial charge in [-0.2, -0.15) is 0 Å². The van der Waals surface area contributed by atoms with Gasteiger partial charge in [0.15, 0.2) is 6.61 Å². The predicted molar refractivity (Wildman–Crippen MR) is 86.8 cm³/mol. The first-order valence-corrected chi connectivity index (χ1v) is 7.94. The molecule has 0 spiro atoms. The van der Waals surface area contributed by atoms with Gasteiger partial charge in [-0.15, -0.1) is 0 Å². The molecule has 1 unspecified atom stereocenters. The lowest BCUT2D eigenvalue weighted by Crippen LogP contribution is -2.39. The van der Waals surface area contributed by atoms with E-state index in [1.165, 1.54) is 12.1 Å². The normalized spacial score (nSPS) is 17.3. The molecular weight excluding hydrogens is 293 g/mol. The van der Waals surface area contributed by atoms with E-state index in [0.29, 0.717) is 5.75 Å². The van der Waals surface area contributed by atoms with Crippen LogP contribution in [0.4, 0.5) is 4.39 Å². The van der Waals surface area contributed by atoms with E-state index in [4.69, 9.17) is 4.74 Å². The highest BCUT2D eigenvalue weighted by molar-refractivity contribution is 5.78. The van der Waals surface area contributed by atoms with Gasteiger partial charge in [0.05, 0.1) is 0 Å². The number of para-hydroxylation sites is 1. The van der Waals surface area contributed by atoms with Gasteiger partial charge in [-0.25, -0.2) is 4.39 Å². The van der Waals surface area contributed by atoms with Crippen molar-refractivity contribution in [3.05, 3.63) is 66.0 Å². The van der Waals surface area contributed by atoms with Crippen LogP contribution in [0.1, 0.15) is 18.4 Å². The zero-order valence-corrected chi connectivity index (χ0v) is 13.0. The first kappa shape index (κ1) is 15.5. The monoisotopic (exact) mass is 313 g/mol.